The summed E-state index contributed by atoms with van der Waals surface area (Å²) < 4.78 is 7.02. The summed E-state index contributed by atoms with van der Waals surface area (Å²) in [6.45, 7) is 7.49. The second kappa shape index (κ2) is 8.86. The van der Waals surface area contributed by atoms with E-state index < -0.39 is 29.0 Å². The highest BCUT2D eigenvalue weighted by atomic mass is 16.5. The predicted octanol–water partition coefficient (Wildman–Crippen LogP) is 1.56. The number of nitrogens with zero attached hydrogens (tertiary/aromatic N) is 1. The summed E-state index contributed by atoms with van der Waals surface area (Å²) in [6.07, 6.45) is -0.840. The minimum absolute atomic E-state index is 0.202. The summed E-state index contributed by atoms with van der Waals surface area (Å²) in [5.41, 5.74) is 6.27. The van der Waals surface area contributed by atoms with Crippen LogP contribution in [-0.2, 0) is 11.3 Å². The Morgan fingerprint density at radius 2 is 1.87 bits per heavy atom. The molecule has 0 aliphatic rings. The minimum Gasteiger partial charge on any atom is -0.481 e. The highest BCUT2D eigenvalue weighted by molar-refractivity contribution is 5.98. The van der Waals surface area contributed by atoms with E-state index in [1.165, 1.54) is 16.7 Å². The van der Waals surface area contributed by atoms with Crippen molar-refractivity contribution in [1.82, 2.24) is 20.4 Å². The normalized spacial score (nSPS) is 11.7. The highest BCUT2D eigenvalue weighted by Gasteiger charge is 2.17. The Hall–Kier alpha value is -3.88. The molecule has 0 aliphatic heterocycles. The maximum Gasteiger partial charge on any atom is 0.316 e. The molecule has 0 bridgehead atoms. The lowest BCUT2D eigenvalue weighted by molar-refractivity contribution is -0.128. The number of benzene rings is 2. The van der Waals surface area contributed by atoms with E-state index in [1.807, 2.05) is 26.0 Å². The largest absolute Gasteiger partial charge is 0.481 e. The zero-order chi connectivity index (χ0) is 22.7. The van der Waals surface area contributed by atoms with E-state index in [0.29, 0.717) is 23.3 Å². The highest BCUT2D eigenvalue weighted by Crippen LogP contribution is 2.21. The summed E-state index contributed by atoms with van der Waals surface area (Å²) in [5, 5.41) is 0. The number of aryl methyl sites for hydroxylation is 2. The molecule has 1 aromatic heterocycles. The van der Waals surface area contributed by atoms with Gasteiger partial charge in [0.25, 0.3) is 11.8 Å². The number of hydrazine groups is 1. The Labute approximate surface area is 178 Å². The van der Waals surface area contributed by atoms with Gasteiger partial charge in [0.2, 0.25) is 0 Å². The number of carbonyl (C=O) groups excluding carboxylic acids is 2. The van der Waals surface area contributed by atoms with E-state index in [-0.39, 0.29) is 5.56 Å². The first-order chi connectivity index (χ1) is 14.7. The smallest absolute Gasteiger partial charge is 0.316 e. The predicted molar refractivity (Wildman–Crippen MR) is 116 cm³/mol. The fourth-order valence-electron chi connectivity index (χ4n) is 3.12. The van der Waals surface area contributed by atoms with E-state index in [2.05, 4.69) is 15.8 Å². The van der Waals surface area contributed by atoms with Crippen molar-refractivity contribution in [2.45, 2.75) is 40.3 Å². The average molecular weight is 424 g/mol. The molecule has 9 heteroatoms. The van der Waals surface area contributed by atoms with Crippen LogP contribution in [0.4, 0.5) is 0 Å². The molecule has 0 radical (unpaired) electrons. The quantitative estimate of drug-likeness (QED) is 0.424. The fraction of sp³-hybridized carbons (Fsp3) is 0.273. The van der Waals surface area contributed by atoms with Crippen molar-refractivity contribution in [2.24, 2.45) is 0 Å². The first-order valence-electron chi connectivity index (χ1n) is 9.82. The molecule has 3 rings (SSSR count). The van der Waals surface area contributed by atoms with Crippen LogP contribution < -0.4 is 26.7 Å². The molecule has 1 heterocycles. The van der Waals surface area contributed by atoms with Gasteiger partial charge in [0.15, 0.2) is 6.10 Å². The zero-order valence-corrected chi connectivity index (χ0v) is 17.7. The number of nitrogens with one attached hydrogen (secondary N) is 3. The Kier molecular flexibility index (Phi) is 6.24. The van der Waals surface area contributed by atoms with Gasteiger partial charge in [-0.2, -0.15) is 0 Å². The molecule has 2 amide bonds. The maximum atomic E-state index is 12.5. The number of hydrogen-bond donors (Lipinski definition) is 3. The van der Waals surface area contributed by atoms with Gasteiger partial charge in [0.05, 0.1) is 11.0 Å². The lowest BCUT2D eigenvalue weighted by Gasteiger charge is -2.17. The first-order valence-corrected chi connectivity index (χ1v) is 9.82. The Balaban J connectivity index is 1.70. The summed E-state index contributed by atoms with van der Waals surface area (Å²) in [6, 6.07) is 10.1. The topological polar surface area (TPSA) is 122 Å². The van der Waals surface area contributed by atoms with Gasteiger partial charge in [0, 0.05) is 12.1 Å². The van der Waals surface area contributed by atoms with Crippen LogP contribution in [0, 0.1) is 13.8 Å². The number of amides is 2. The van der Waals surface area contributed by atoms with Crippen molar-refractivity contribution in [3.63, 3.8) is 0 Å². The molecular weight excluding hydrogens is 400 g/mol. The Morgan fingerprint density at radius 3 is 2.58 bits per heavy atom. The van der Waals surface area contributed by atoms with Crippen LogP contribution in [0.3, 0.4) is 0 Å². The van der Waals surface area contributed by atoms with Crippen LogP contribution in [0.1, 0.15) is 35.3 Å². The van der Waals surface area contributed by atoms with Gasteiger partial charge in [-0.25, -0.2) is 0 Å². The van der Waals surface area contributed by atoms with Crippen LogP contribution in [0.15, 0.2) is 46.0 Å². The molecule has 0 saturated heterocycles. The van der Waals surface area contributed by atoms with Gasteiger partial charge in [-0.3, -0.25) is 30.0 Å². The standard InChI is InChI=1S/C22H24N4O5/c1-5-26-17-10-9-15(11-16(17)23-21(29)22(26)30)20(28)25-24-19(27)14(4)31-18-8-6-7-12(2)13(18)3/h6-11,14H,5H2,1-4H3,(H,23,29)(H,24,27)(H,25,28). The van der Waals surface area contributed by atoms with Crippen LogP contribution in [0.5, 0.6) is 5.75 Å². The summed E-state index contributed by atoms with van der Waals surface area (Å²) >= 11 is 0. The van der Waals surface area contributed by atoms with E-state index >= 15 is 0 Å². The lowest BCUT2D eigenvalue weighted by Crippen LogP contribution is -2.47. The molecule has 3 aromatic rings. The van der Waals surface area contributed by atoms with Crippen molar-refractivity contribution >= 4 is 22.8 Å². The summed E-state index contributed by atoms with van der Waals surface area (Å²) in [4.78, 5) is 51.0. The third kappa shape index (κ3) is 4.50. The molecule has 162 valence electrons. The average Bonchev–Trinajstić information content (AvgIpc) is 2.75. The van der Waals surface area contributed by atoms with E-state index in [1.54, 1.807) is 26.0 Å². The minimum atomic E-state index is -0.840. The number of hydrogen-bond acceptors (Lipinski definition) is 5. The molecule has 9 nitrogen and oxygen atoms in total. The zero-order valence-electron chi connectivity index (χ0n) is 17.7. The van der Waals surface area contributed by atoms with Crippen LogP contribution in [0.25, 0.3) is 11.0 Å². The third-order valence-corrected chi connectivity index (χ3v) is 5.08. The van der Waals surface area contributed by atoms with E-state index in [9.17, 15) is 19.2 Å². The summed E-state index contributed by atoms with van der Waals surface area (Å²) in [5.74, 6) is -0.512. The van der Waals surface area contributed by atoms with Crippen molar-refractivity contribution in [3.05, 3.63) is 73.8 Å². The molecule has 0 aliphatic carbocycles. The van der Waals surface area contributed by atoms with E-state index in [0.717, 1.165) is 11.1 Å². The number of aromatic amines is 1. The number of carbonyl (C=O) groups is 2. The van der Waals surface area contributed by atoms with Gasteiger partial charge in [-0.1, -0.05) is 12.1 Å². The van der Waals surface area contributed by atoms with Crippen molar-refractivity contribution < 1.29 is 14.3 Å². The first kappa shape index (κ1) is 21.8. The maximum absolute atomic E-state index is 12.5. The molecular formula is C22H24N4O5. The van der Waals surface area contributed by atoms with Crippen LogP contribution in [0.2, 0.25) is 0 Å². The lowest BCUT2D eigenvalue weighted by atomic mass is 10.1. The van der Waals surface area contributed by atoms with Crippen molar-refractivity contribution in [3.8, 4) is 5.75 Å². The second-order valence-electron chi connectivity index (χ2n) is 7.14. The van der Waals surface area contributed by atoms with Gasteiger partial charge < -0.3 is 14.3 Å². The van der Waals surface area contributed by atoms with Gasteiger partial charge in [0.1, 0.15) is 5.75 Å². The number of aromatic nitrogens is 2. The fourth-order valence-corrected chi connectivity index (χ4v) is 3.12. The third-order valence-electron chi connectivity index (χ3n) is 5.08. The molecule has 0 spiro atoms. The number of rotatable bonds is 5. The number of ether oxygens (including phenoxy) is 1. The Morgan fingerprint density at radius 1 is 1.13 bits per heavy atom. The molecule has 31 heavy (non-hydrogen) atoms. The van der Waals surface area contributed by atoms with Gasteiger partial charge in [-0.05, 0) is 63.1 Å². The second-order valence-corrected chi connectivity index (χ2v) is 7.14. The molecule has 1 unspecified atom stereocenters. The Bertz CT molecular complexity index is 1280. The molecule has 0 saturated carbocycles. The van der Waals surface area contributed by atoms with Crippen molar-refractivity contribution in [1.29, 1.82) is 0 Å². The van der Waals surface area contributed by atoms with Gasteiger partial charge >= 0.3 is 11.1 Å². The van der Waals surface area contributed by atoms with E-state index in [4.69, 9.17) is 4.74 Å². The van der Waals surface area contributed by atoms with Gasteiger partial charge in [-0.15, -0.1) is 0 Å². The number of fused-ring (bicyclic) bond motifs is 1. The van der Waals surface area contributed by atoms with Crippen LogP contribution in [-0.4, -0.2) is 27.5 Å². The molecule has 3 N–H and O–H groups in total. The monoisotopic (exact) mass is 424 g/mol. The van der Waals surface area contributed by atoms with Crippen LogP contribution >= 0.6 is 0 Å². The van der Waals surface area contributed by atoms with Crippen molar-refractivity contribution in [2.75, 3.05) is 0 Å². The molecule has 2 aromatic carbocycles. The number of H-pyrrole nitrogens is 1. The summed E-state index contributed by atoms with van der Waals surface area (Å²) in [7, 11) is 0. The molecule has 1 atom stereocenters. The molecule has 0 fully saturated rings. The SMILES string of the molecule is CCn1c(=O)c(=O)[nH]c2cc(C(=O)NNC(=O)C(C)Oc3cccc(C)c3C)ccc21.